The van der Waals surface area contributed by atoms with Crippen molar-refractivity contribution >= 4 is 11.8 Å². The highest BCUT2D eigenvalue weighted by Crippen LogP contribution is 2.30. The molecule has 3 aliphatic rings. The van der Waals surface area contributed by atoms with Crippen molar-refractivity contribution < 1.29 is 19.0 Å². The van der Waals surface area contributed by atoms with Crippen LogP contribution in [0.4, 0.5) is 4.39 Å². The summed E-state index contributed by atoms with van der Waals surface area (Å²) in [6.45, 7) is 3.39. The first-order chi connectivity index (χ1) is 18.0. The number of benzene rings is 1. The van der Waals surface area contributed by atoms with Gasteiger partial charge >= 0.3 is 0 Å². The highest BCUT2D eigenvalue weighted by Gasteiger charge is 2.33. The predicted octanol–water partition coefficient (Wildman–Crippen LogP) is 2.62. The van der Waals surface area contributed by atoms with Gasteiger partial charge in [0.05, 0.1) is 11.5 Å². The summed E-state index contributed by atoms with van der Waals surface area (Å²) in [4.78, 5) is 0. The van der Waals surface area contributed by atoms with Crippen LogP contribution in [0.3, 0.4) is 0 Å². The molecular formula is C27H38FN5O3S. The molecule has 4 atom stereocenters. The minimum Gasteiger partial charge on any atom is -0.464 e. The SMILES string of the molecule is OC1NC(O)C(CC2=CCNC(NCC3CCC(CNCc4ccc(F)cc4-c4ccco4)CC3)N2)S1. The molecule has 10 heteroatoms. The van der Waals surface area contributed by atoms with E-state index in [1.807, 2.05) is 18.2 Å². The normalized spacial score (nSPS) is 30.2. The topological polar surface area (TPSA) is 114 Å². The third-order valence-electron chi connectivity index (χ3n) is 7.57. The molecule has 5 rings (SSSR count). The van der Waals surface area contributed by atoms with Crippen LogP contribution in [0.25, 0.3) is 11.3 Å². The van der Waals surface area contributed by atoms with Crippen LogP contribution in [0.5, 0.6) is 0 Å². The van der Waals surface area contributed by atoms with Gasteiger partial charge in [0.25, 0.3) is 0 Å². The van der Waals surface area contributed by atoms with E-state index in [-0.39, 0.29) is 17.4 Å². The van der Waals surface area contributed by atoms with Crippen molar-refractivity contribution in [3.63, 3.8) is 0 Å². The van der Waals surface area contributed by atoms with Crippen LogP contribution in [0, 0.1) is 17.7 Å². The summed E-state index contributed by atoms with van der Waals surface area (Å²) < 4.78 is 19.3. The Morgan fingerprint density at radius 2 is 1.89 bits per heavy atom. The first-order valence-electron chi connectivity index (χ1n) is 13.3. The van der Waals surface area contributed by atoms with Crippen molar-refractivity contribution in [1.29, 1.82) is 0 Å². The van der Waals surface area contributed by atoms with Crippen LogP contribution in [-0.4, -0.2) is 53.2 Å². The van der Waals surface area contributed by atoms with E-state index < -0.39 is 11.8 Å². The van der Waals surface area contributed by atoms with Crippen molar-refractivity contribution in [2.24, 2.45) is 11.8 Å². The van der Waals surface area contributed by atoms with Gasteiger partial charge in [-0.2, -0.15) is 0 Å². The lowest BCUT2D eigenvalue weighted by Crippen LogP contribution is -2.56. The number of allylic oxidation sites excluding steroid dienone is 1. The molecule has 1 aromatic carbocycles. The van der Waals surface area contributed by atoms with E-state index in [1.54, 1.807) is 12.3 Å². The summed E-state index contributed by atoms with van der Waals surface area (Å²) in [6, 6.07) is 8.58. The summed E-state index contributed by atoms with van der Waals surface area (Å²) in [7, 11) is 0. The van der Waals surface area contributed by atoms with E-state index in [0.717, 1.165) is 36.5 Å². The Balaban J connectivity index is 0.997. The summed E-state index contributed by atoms with van der Waals surface area (Å²) >= 11 is 1.36. The van der Waals surface area contributed by atoms with Crippen molar-refractivity contribution in [2.45, 2.75) is 62.0 Å². The fourth-order valence-corrected chi connectivity index (χ4v) is 6.52. The fourth-order valence-electron chi connectivity index (χ4n) is 5.47. The molecule has 4 unspecified atom stereocenters. The van der Waals surface area contributed by atoms with Crippen molar-refractivity contribution in [3.05, 3.63) is 59.7 Å². The first kappa shape index (κ1) is 26.7. The maximum Gasteiger partial charge on any atom is 0.155 e. The Morgan fingerprint density at radius 3 is 2.62 bits per heavy atom. The van der Waals surface area contributed by atoms with E-state index >= 15 is 0 Å². The van der Waals surface area contributed by atoms with Gasteiger partial charge in [0.15, 0.2) is 5.56 Å². The molecule has 0 amide bonds. The fraction of sp³-hybridized carbons (Fsp3) is 0.556. The molecule has 1 saturated heterocycles. The van der Waals surface area contributed by atoms with Gasteiger partial charge in [-0.1, -0.05) is 12.1 Å². The molecule has 0 radical (unpaired) electrons. The lowest BCUT2D eigenvalue weighted by molar-refractivity contribution is 0.0990. The van der Waals surface area contributed by atoms with Gasteiger partial charge in [-0.15, -0.1) is 11.8 Å². The summed E-state index contributed by atoms with van der Waals surface area (Å²) in [5.74, 6) is 1.75. The molecule has 202 valence electrons. The van der Waals surface area contributed by atoms with E-state index in [9.17, 15) is 14.6 Å². The number of nitrogens with one attached hydrogen (secondary N) is 5. The van der Waals surface area contributed by atoms with Crippen LogP contribution >= 0.6 is 11.8 Å². The number of aliphatic hydroxyl groups is 2. The molecule has 0 bridgehead atoms. The van der Waals surface area contributed by atoms with Crippen molar-refractivity contribution in [3.8, 4) is 11.3 Å². The zero-order valence-electron chi connectivity index (χ0n) is 21.0. The number of aliphatic hydroxyl groups excluding tert-OH is 2. The number of hydrogen-bond donors (Lipinski definition) is 7. The zero-order chi connectivity index (χ0) is 25.6. The van der Waals surface area contributed by atoms with Crippen LogP contribution in [0.1, 0.15) is 37.7 Å². The van der Waals surface area contributed by atoms with Gasteiger partial charge < -0.3 is 25.3 Å². The van der Waals surface area contributed by atoms with Gasteiger partial charge in [-0.05, 0) is 73.9 Å². The van der Waals surface area contributed by atoms with E-state index in [0.29, 0.717) is 30.6 Å². The molecule has 2 aliphatic heterocycles. The molecule has 2 aromatic rings. The van der Waals surface area contributed by atoms with E-state index in [2.05, 4.69) is 32.7 Å². The quantitative estimate of drug-likeness (QED) is 0.249. The Labute approximate surface area is 221 Å². The standard InChI is InChI=1S/C27H38FN5O3S/c28-20-8-7-19(22(12-20)23-2-1-11-36-23)16-29-14-17-3-5-18(6-4-17)15-31-26-30-10-9-21(32-26)13-24-25(34)33-27(35)37-24/h1-2,7-9,11-12,17-18,24-27,29-35H,3-6,10,13-16H2. The predicted molar refractivity (Wildman–Crippen MR) is 143 cm³/mol. The average molecular weight is 532 g/mol. The Bertz CT molecular complexity index is 1030. The Kier molecular flexibility index (Phi) is 9.19. The molecular weight excluding hydrogens is 493 g/mol. The molecule has 37 heavy (non-hydrogen) atoms. The number of halogens is 1. The summed E-state index contributed by atoms with van der Waals surface area (Å²) in [5.41, 5.74) is 2.24. The van der Waals surface area contributed by atoms with E-state index in [4.69, 9.17) is 4.42 Å². The second-order valence-electron chi connectivity index (χ2n) is 10.3. The van der Waals surface area contributed by atoms with Gasteiger partial charge in [0, 0.05) is 37.3 Å². The molecule has 3 heterocycles. The van der Waals surface area contributed by atoms with Crippen molar-refractivity contribution in [1.82, 2.24) is 26.6 Å². The largest absolute Gasteiger partial charge is 0.464 e. The van der Waals surface area contributed by atoms with Gasteiger partial charge in [-0.3, -0.25) is 16.0 Å². The molecule has 1 aromatic heterocycles. The van der Waals surface area contributed by atoms with Crippen LogP contribution in [0.15, 0.2) is 52.8 Å². The monoisotopic (exact) mass is 531 g/mol. The van der Waals surface area contributed by atoms with Crippen LogP contribution in [-0.2, 0) is 6.54 Å². The lowest BCUT2D eigenvalue weighted by atomic mass is 9.82. The van der Waals surface area contributed by atoms with Crippen LogP contribution < -0.4 is 26.6 Å². The number of rotatable bonds is 10. The van der Waals surface area contributed by atoms with Crippen LogP contribution in [0.2, 0.25) is 0 Å². The van der Waals surface area contributed by atoms with Crippen molar-refractivity contribution in [2.75, 3.05) is 19.6 Å². The second kappa shape index (κ2) is 12.8. The van der Waals surface area contributed by atoms with E-state index in [1.165, 1.54) is 43.5 Å². The zero-order valence-corrected chi connectivity index (χ0v) is 21.8. The third-order valence-corrected chi connectivity index (χ3v) is 8.74. The molecule has 7 N–H and O–H groups in total. The smallest absolute Gasteiger partial charge is 0.155 e. The molecule has 0 spiro atoms. The summed E-state index contributed by atoms with van der Waals surface area (Å²) in [6.07, 6.45) is 8.56. The maximum atomic E-state index is 13.8. The Morgan fingerprint density at radius 1 is 1.08 bits per heavy atom. The second-order valence-corrected chi connectivity index (χ2v) is 11.6. The van der Waals surface area contributed by atoms with Gasteiger partial charge in [-0.25, -0.2) is 4.39 Å². The molecule has 1 aliphatic carbocycles. The van der Waals surface area contributed by atoms with Gasteiger partial charge in [0.1, 0.15) is 24.1 Å². The molecule has 2 fully saturated rings. The number of furan rings is 1. The molecule has 1 saturated carbocycles. The number of hydrogen-bond acceptors (Lipinski definition) is 9. The first-order valence-corrected chi connectivity index (χ1v) is 14.2. The van der Waals surface area contributed by atoms with Gasteiger partial charge in [0.2, 0.25) is 0 Å². The lowest BCUT2D eigenvalue weighted by Gasteiger charge is -2.33. The minimum atomic E-state index is -0.705. The Hall–Kier alpha value is -1.92. The summed E-state index contributed by atoms with van der Waals surface area (Å²) in [5, 5.41) is 36.5. The number of thioether (sulfide) groups is 1. The highest BCUT2D eigenvalue weighted by molar-refractivity contribution is 8.00. The average Bonchev–Trinajstić information content (AvgIpc) is 3.54. The molecule has 8 nitrogen and oxygen atoms in total. The minimum absolute atomic E-state index is 0.0138. The third kappa shape index (κ3) is 7.35. The maximum absolute atomic E-state index is 13.8. The highest BCUT2D eigenvalue weighted by atomic mass is 32.2.